The van der Waals surface area contributed by atoms with E-state index < -0.39 is 5.97 Å². The molecule has 94 valence electrons. The van der Waals surface area contributed by atoms with Crippen molar-refractivity contribution in [2.24, 2.45) is 0 Å². The van der Waals surface area contributed by atoms with E-state index in [-0.39, 0.29) is 11.7 Å². The number of hydrogen-bond acceptors (Lipinski definition) is 3. The van der Waals surface area contributed by atoms with Gasteiger partial charge in [0.25, 0.3) is 0 Å². The van der Waals surface area contributed by atoms with Gasteiger partial charge in [-0.15, -0.1) is 0 Å². The van der Waals surface area contributed by atoms with Crippen LogP contribution >= 0.6 is 0 Å². The minimum Gasteiger partial charge on any atom is -0.476 e. The van der Waals surface area contributed by atoms with Gasteiger partial charge in [-0.3, -0.25) is 0 Å². The van der Waals surface area contributed by atoms with E-state index in [9.17, 15) is 9.90 Å². The molecule has 1 aromatic heterocycles. The van der Waals surface area contributed by atoms with Crippen LogP contribution in [-0.2, 0) is 0 Å². The molecule has 0 radical (unpaired) electrons. The van der Waals surface area contributed by atoms with Gasteiger partial charge in [0.2, 0.25) is 0 Å². The van der Waals surface area contributed by atoms with Crippen LogP contribution in [0.2, 0.25) is 0 Å². The minimum atomic E-state index is -1.07. The van der Waals surface area contributed by atoms with Crippen molar-refractivity contribution in [2.75, 3.05) is 5.73 Å². The van der Waals surface area contributed by atoms with Crippen molar-refractivity contribution in [1.29, 1.82) is 0 Å². The van der Waals surface area contributed by atoms with E-state index >= 15 is 0 Å². The average Bonchev–Trinajstić information content (AvgIpc) is 2.68. The van der Waals surface area contributed by atoms with Crippen LogP contribution in [0.1, 0.15) is 30.4 Å². The van der Waals surface area contributed by atoms with Gasteiger partial charge >= 0.3 is 5.97 Å². The van der Waals surface area contributed by atoms with Crippen molar-refractivity contribution in [1.82, 2.24) is 9.78 Å². The van der Waals surface area contributed by atoms with Gasteiger partial charge in [-0.05, 0) is 19.4 Å². The predicted octanol–water partition coefficient (Wildman–Crippen LogP) is 2.41. The van der Waals surface area contributed by atoms with E-state index in [0.717, 1.165) is 5.56 Å². The summed E-state index contributed by atoms with van der Waals surface area (Å²) in [6, 6.07) is 9.21. The first kappa shape index (κ1) is 12.2. The number of rotatable bonds is 3. The summed E-state index contributed by atoms with van der Waals surface area (Å²) < 4.78 is 1.53. The van der Waals surface area contributed by atoms with Crippen LogP contribution in [0, 0.1) is 0 Å². The smallest absolute Gasteiger partial charge is 0.357 e. The summed E-state index contributed by atoms with van der Waals surface area (Å²) in [5, 5.41) is 13.3. The van der Waals surface area contributed by atoms with Gasteiger partial charge in [0.15, 0.2) is 5.69 Å². The largest absolute Gasteiger partial charge is 0.476 e. The Morgan fingerprint density at radius 3 is 2.44 bits per heavy atom. The summed E-state index contributed by atoms with van der Waals surface area (Å²) >= 11 is 0. The van der Waals surface area contributed by atoms with Crippen molar-refractivity contribution < 1.29 is 9.90 Å². The lowest BCUT2D eigenvalue weighted by atomic mass is 10.1. The molecule has 5 nitrogen and oxygen atoms in total. The third-order valence-corrected chi connectivity index (χ3v) is 2.70. The Bertz CT molecular complexity index is 573. The molecule has 0 aliphatic rings. The zero-order valence-electron chi connectivity index (χ0n) is 10.3. The highest BCUT2D eigenvalue weighted by Gasteiger charge is 2.22. The van der Waals surface area contributed by atoms with Crippen LogP contribution in [0.4, 0.5) is 5.82 Å². The van der Waals surface area contributed by atoms with Crippen LogP contribution in [0.15, 0.2) is 30.3 Å². The van der Waals surface area contributed by atoms with Gasteiger partial charge in [0.05, 0.1) is 5.56 Å². The fourth-order valence-corrected chi connectivity index (χ4v) is 1.88. The van der Waals surface area contributed by atoms with E-state index in [1.54, 1.807) is 0 Å². The third kappa shape index (κ3) is 1.95. The molecule has 1 heterocycles. The Morgan fingerprint density at radius 1 is 1.33 bits per heavy atom. The zero-order chi connectivity index (χ0) is 13.3. The standard InChI is InChI=1S/C13H15N3O2/c1-8(2)16-12(14)10(11(15-16)13(17)18)9-6-4-3-5-7-9/h3-8H,14H2,1-2H3,(H,17,18). The van der Waals surface area contributed by atoms with Crippen LogP contribution in [0.5, 0.6) is 0 Å². The second kappa shape index (κ2) is 4.52. The molecule has 0 aliphatic heterocycles. The van der Waals surface area contributed by atoms with Gasteiger partial charge in [-0.25, -0.2) is 9.48 Å². The number of nitrogens with two attached hydrogens (primary N) is 1. The summed E-state index contributed by atoms with van der Waals surface area (Å²) in [5.74, 6) is -0.687. The lowest BCUT2D eigenvalue weighted by Crippen LogP contribution is -2.07. The number of nitrogen functional groups attached to an aromatic ring is 1. The van der Waals surface area contributed by atoms with E-state index in [0.29, 0.717) is 11.4 Å². The Balaban J connectivity index is 2.69. The number of carboxylic acids is 1. The molecule has 2 aromatic rings. The maximum Gasteiger partial charge on any atom is 0.357 e. The predicted molar refractivity (Wildman–Crippen MR) is 69.4 cm³/mol. The molecule has 0 atom stereocenters. The van der Waals surface area contributed by atoms with Crippen molar-refractivity contribution in [3.63, 3.8) is 0 Å². The number of benzene rings is 1. The van der Waals surface area contributed by atoms with Crippen molar-refractivity contribution in [3.8, 4) is 11.1 Å². The molecule has 0 amide bonds. The van der Waals surface area contributed by atoms with Crippen LogP contribution in [0.3, 0.4) is 0 Å². The summed E-state index contributed by atoms with van der Waals surface area (Å²) in [5.41, 5.74) is 7.25. The number of hydrogen-bond donors (Lipinski definition) is 2. The monoisotopic (exact) mass is 245 g/mol. The van der Waals surface area contributed by atoms with Crippen LogP contribution in [-0.4, -0.2) is 20.9 Å². The maximum atomic E-state index is 11.3. The quantitative estimate of drug-likeness (QED) is 0.870. The molecule has 0 saturated heterocycles. The van der Waals surface area contributed by atoms with Gasteiger partial charge < -0.3 is 10.8 Å². The molecule has 0 spiro atoms. The van der Waals surface area contributed by atoms with E-state index in [1.807, 2.05) is 44.2 Å². The maximum absolute atomic E-state index is 11.3. The highest BCUT2D eigenvalue weighted by atomic mass is 16.4. The summed E-state index contributed by atoms with van der Waals surface area (Å²) in [6.45, 7) is 3.81. The summed E-state index contributed by atoms with van der Waals surface area (Å²) in [4.78, 5) is 11.3. The van der Waals surface area contributed by atoms with E-state index in [2.05, 4.69) is 5.10 Å². The average molecular weight is 245 g/mol. The molecule has 5 heteroatoms. The highest BCUT2D eigenvalue weighted by Crippen LogP contribution is 2.31. The van der Waals surface area contributed by atoms with Crippen LogP contribution in [0.25, 0.3) is 11.1 Å². The van der Waals surface area contributed by atoms with E-state index in [1.165, 1.54) is 4.68 Å². The number of aromatic nitrogens is 2. The Morgan fingerprint density at radius 2 is 1.94 bits per heavy atom. The van der Waals surface area contributed by atoms with Crippen molar-refractivity contribution in [2.45, 2.75) is 19.9 Å². The van der Waals surface area contributed by atoms with Gasteiger partial charge in [-0.2, -0.15) is 5.10 Å². The van der Waals surface area contributed by atoms with Crippen molar-refractivity contribution in [3.05, 3.63) is 36.0 Å². The summed E-state index contributed by atoms with van der Waals surface area (Å²) in [6.07, 6.45) is 0. The third-order valence-electron chi connectivity index (χ3n) is 2.70. The molecule has 0 aliphatic carbocycles. The lowest BCUT2D eigenvalue weighted by molar-refractivity contribution is 0.0690. The van der Waals surface area contributed by atoms with Gasteiger partial charge in [0.1, 0.15) is 5.82 Å². The zero-order valence-corrected chi connectivity index (χ0v) is 10.3. The lowest BCUT2D eigenvalue weighted by Gasteiger charge is -2.08. The molecule has 0 saturated carbocycles. The molecular formula is C13H15N3O2. The number of carbonyl (C=O) groups is 1. The Hall–Kier alpha value is -2.30. The molecule has 0 bridgehead atoms. The Kier molecular flexibility index (Phi) is 3.06. The minimum absolute atomic E-state index is 0.00704. The SMILES string of the molecule is CC(C)n1nc(C(=O)O)c(-c2ccccc2)c1N. The fraction of sp³-hybridized carbons (Fsp3) is 0.231. The molecule has 2 rings (SSSR count). The first-order chi connectivity index (χ1) is 8.52. The molecule has 0 fully saturated rings. The number of anilines is 1. The fourth-order valence-electron chi connectivity index (χ4n) is 1.88. The second-order valence-corrected chi connectivity index (χ2v) is 4.32. The first-order valence-corrected chi connectivity index (χ1v) is 5.69. The van der Waals surface area contributed by atoms with Crippen molar-refractivity contribution >= 4 is 11.8 Å². The first-order valence-electron chi connectivity index (χ1n) is 5.69. The molecule has 1 aromatic carbocycles. The molecule has 3 N–H and O–H groups in total. The molecule has 18 heavy (non-hydrogen) atoms. The second-order valence-electron chi connectivity index (χ2n) is 4.32. The topological polar surface area (TPSA) is 81.1 Å². The van der Waals surface area contributed by atoms with E-state index in [4.69, 9.17) is 5.73 Å². The van der Waals surface area contributed by atoms with Gasteiger partial charge in [0, 0.05) is 6.04 Å². The normalized spacial score (nSPS) is 10.8. The Labute approximate surface area is 105 Å². The summed E-state index contributed by atoms with van der Waals surface area (Å²) in [7, 11) is 0. The number of nitrogens with zero attached hydrogens (tertiary/aromatic N) is 2. The molecule has 0 unspecified atom stereocenters. The number of aromatic carboxylic acids is 1. The van der Waals surface area contributed by atoms with Crippen LogP contribution < -0.4 is 5.73 Å². The molecular weight excluding hydrogens is 230 g/mol. The number of carboxylic acid groups (broad SMARTS) is 1. The van der Waals surface area contributed by atoms with Gasteiger partial charge in [-0.1, -0.05) is 30.3 Å². The highest BCUT2D eigenvalue weighted by molar-refractivity contribution is 5.97.